The van der Waals surface area contributed by atoms with Crippen LogP contribution in [0.2, 0.25) is 0 Å². The van der Waals surface area contributed by atoms with Gasteiger partial charge in [-0.05, 0) is 12.8 Å². The first-order chi connectivity index (χ1) is 13.4. The Bertz CT molecular complexity index is 469. The normalized spacial score (nSPS) is 40.9. The van der Waals surface area contributed by atoms with E-state index in [1.165, 1.54) is 44.1 Å². The van der Waals surface area contributed by atoms with Gasteiger partial charge >= 0.3 is 0 Å². The fourth-order valence-corrected chi connectivity index (χ4v) is 5.52. The molecule has 0 amide bonds. The molecule has 7 unspecified atom stereocenters. The van der Waals surface area contributed by atoms with Crippen LogP contribution < -0.4 is 36.4 Å². The highest BCUT2D eigenvalue weighted by atomic mass is 32.2. The Morgan fingerprint density at radius 3 is 2.11 bits per heavy atom. The summed E-state index contributed by atoms with van der Waals surface area (Å²) in [6.07, 6.45) is 5.91. The molecule has 0 aromatic carbocycles. The molecule has 3 rings (SSSR count). The van der Waals surface area contributed by atoms with Crippen LogP contribution in [0.1, 0.15) is 44.9 Å². The van der Waals surface area contributed by atoms with Crippen molar-refractivity contribution >= 4 is 11.9 Å². The summed E-state index contributed by atoms with van der Waals surface area (Å²) in [6.45, 7) is 0.859. The molecule has 2 aliphatic carbocycles. The third-order valence-corrected chi connectivity index (χ3v) is 7.09. The fourth-order valence-electron chi connectivity index (χ4n) is 4.69. The highest BCUT2D eigenvalue weighted by molar-refractivity contribution is 7.97. The summed E-state index contributed by atoms with van der Waals surface area (Å²) in [6, 6.07) is -3.91. The van der Waals surface area contributed by atoms with Crippen molar-refractivity contribution in [2.75, 3.05) is 6.54 Å². The standard InChI is InChI=1S/C14H31N7O6S/c22-19(23)10-6-11(20(24)25)13(12(7-10)21(26)27)15-14-18(16-17-28-14)8-9-4-2-1-3-5-9/h9-17,19-22,24,26H,1-8H2/p+1. The summed E-state index contributed by atoms with van der Waals surface area (Å²) < 4.78 is 0. The number of hydrogen-bond acceptors (Lipinski definition) is 10. The van der Waals surface area contributed by atoms with Gasteiger partial charge in [0.25, 0.3) is 0 Å². The van der Waals surface area contributed by atoms with Crippen molar-refractivity contribution in [3.05, 3.63) is 15.6 Å². The molecule has 0 bridgehead atoms. The van der Waals surface area contributed by atoms with E-state index < -0.39 is 39.8 Å². The smallest absolute Gasteiger partial charge is 0.224 e. The van der Waals surface area contributed by atoms with Gasteiger partial charge in [-0.2, -0.15) is 0 Å². The quantitative estimate of drug-likeness (QED) is 0.139. The van der Waals surface area contributed by atoms with Crippen LogP contribution in [0.4, 0.5) is 0 Å². The minimum absolute atomic E-state index is 0.0671. The van der Waals surface area contributed by atoms with Crippen LogP contribution in [0, 0.1) is 21.5 Å². The molecule has 3 aliphatic rings. The third kappa shape index (κ3) is 5.50. The Balaban J connectivity index is 1.69. The minimum atomic E-state index is -1.16. The third-order valence-electron chi connectivity index (χ3n) is 6.21. The second-order valence-corrected chi connectivity index (χ2v) is 8.96. The highest BCUT2D eigenvalue weighted by Gasteiger charge is 2.50. The Labute approximate surface area is 167 Å². The van der Waals surface area contributed by atoms with Gasteiger partial charge in [0.05, 0.1) is 12.8 Å². The molecule has 1 aliphatic heterocycles. The van der Waals surface area contributed by atoms with E-state index in [9.17, 15) is 31.2 Å². The maximum absolute atomic E-state index is 11.8. The number of quaternary nitrogens is 4. The Morgan fingerprint density at radius 1 is 0.964 bits per heavy atom. The first kappa shape index (κ1) is 22.5. The lowest BCUT2D eigenvalue weighted by Crippen LogP contribution is -3.24. The van der Waals surface area contributed by atoms with E-state index in [4.69, 9.17) is 0 Å². The molecule has 7 atom stereocenters. The topological polar surface area (TPSA) is 184 Å². The lowest BCUT2D eigenvalue weighted by Gasteiger charge is -2.44. The largest absolute Gasteiger partial charge is 0.600 e. The van der Waals surface area contributed by atoms with Crippen LogP contribution in [0.5, 0.6) is 0 Å². The van der Waals surface area contributed by atoms with Crippen LogP contribution in [-0.2, 0) is 0 Å². The zero-order valence-electron chi connectivity index (χ0n) is 15.6. The van der Waals surface area contributed by atoms with Gasteiger partial charge in [-0.15, -0.1) is 4.83 Å². The van der Waals surface area contributed by atoms with Crippen molar-refractivity contribution < 1.29 is 36.3 Å². The van der Waals surface area contributed by atoms with Crippen molar-refractivity contribution in [2.45, 2.75) is 74.6 Å². The average Bonchev–Trinajstić information content (AvgIpc) is 3.08. The molecule has 10 N–H and O–H groups in total. The van der Waals surface area contributed by atoms with Crippen LogP contribution in [0.3, 0.4) is 0 Å². The molecule has 0 aromatic rings. The highest BCUT2D eigenvalue weighted by Crippen LogP contribution is 2.22. The second-order valence-electron chi connectivity index (χ2n) is 8.05. The molecular weight excluding hydrogens is 394 g/mol. The molecule has 0 radical (unpaired) electrons. The van der Waals surface area contributed by atoms with Gasteiger partial charge in [-0.25, -0.2) is 41.6 Å². The van der Waals surface area contributed by atoms with E-state index >= 15 is 0 Å². The van der Waals surface area contributed by atoms with Gasteiger partial charge in [0.15, 0.2) is 0 Å². The van der Waals surface area contributed by atoms with Gasteiger partial charge in [-0.1, -0.05) is 24.8 Å². The average molecular weight is 427 g/mol. The number of rotatable bonds is 7. The summed E-state index contributed by atoms with van der Waals surface area (Å²) in [4.78, 5) is 2.99. The van der Waals surface area contributed by atoms with Gasteiger partial charge in [-0.3, -0.25) is 0 Å². The summed E-state index contributed by atoms with van der Waals surface area (Å²) in [5.41, 5.74) is 2.88. The molecule has 14 heteroatoms. The monoisotopic (exact) mass is 426 g/mol. The molecule has 1 saturated heterocycles. The van der Waals surface area contributed by atoms with E-state index in [1.54, 1.807) is 0 Å². The van der Waals surface area contributed by atoms with Crippen LogP contribution in [-0.4, -0.2) is 51.8 Å². The molecule has 0 spiro atoms. The number of hydroxylamine groups is 6. The molecule has 3 fully saturated rings. The van der Waals surface area contributed by atoms with E-state index in [2.05, 4.69) is 15.7 Å². The van der Waals surface area contributed by atoms with Crippen LogP contribution >= 0.6 is 11.9 Å². The van der Waals surface area contributed by atoms with Gasteiger partial charge < -0.3 is 15.6 Å². The van der Waals surface area contributed by atoms with E-state index in [-0.39, 0.29) is 18.3 Å². The van der Waals surface area contributed by atoms with Crippen molar-refractivity contribution in [3.63, 3.8) is 0 Å². The Hall–Kier alpha value is -0.170. The van der Waals surface area contributed by atoms with Crippen molar-refractivity contribution in [3.8, 4) is 0 Å². The van der Waals surface area contributed by atoms with Gasteiger partial charge in [0.2, 0.25) is 5.50 Å². The maximum Gasteiger partial charge on any atom is 0.224 e. The Kier molecular flexibility index (Phi) is 8.23. The summed E-state index contributed by atoms with van der Waals surface area (Å²) in [5, 5.41) is 64.3. The first-order valence-corrected chi connectivity index (χ1v) is 10.7. The Morgan fingerprint density at radius 2 is 1.57 bits per heavy atom. The summed E-state index contributed by atoms with van der Waals surface area (Å²) in [7, 11) is 0. The number of nitrogens with one attached hydrogen (secondary N) is 7. The van der Waals surface area contributed by atoms with Crippen molar-refractivity contribution in [1.82, 2.24) is 15.7 Å². The van der Waals surface area contributed by atoms with E-state index in [0.717, 1.165) is 11.6 Å². The zero-order chi connectivity index (χ0) is 20.3. The lowest BCUT2D eigenvalue weighted by molar-refractivity contribution is -1.11. The van der Waals surface area contributed by atoms with Crippen LogP contribution in [0.15, 0.2) is 0 Å². The van der Waals surface area contributed by atoms with Crippen LogP contribution in [0.25, 0.3) is 0 Å². The predicted molar refractivity (Wildman–Crippen MR) is 95.9 cm³/mol. The molecule has 2 saturated carbocycles. The minimum Gasteiger partial charge on any atom is -0.600 e. The first-order valence-electron chi connectivity index (χ1n) is 9.83. The second kappa shape index (κ2) is 10.2. The predicted octanol–water partition coefficient (Wildman–Crippen LogP) is -5.42. The van der Waals surface area contributed by atoms with Crippen molar-refractivity contribution in [1.29, 1.82) is 0 Å². The fraction of sp³-hybridized carbons (Fsp3) is 1.00. The number of hydrogen-bond donors (Lipinski definition) is 10. The molecule has 1 heterocycles. The molecule has 0 aromatic heterocycles. The van der Waals surface area contributed by atoms with E-state index in [0.29, 0.717) is 5.92 Å². The molecular formula is C14H32N7O6S+. The molecule has 13 nitrogen and oxygen atoms in total. The lowest BCUT2D eigenvalue weighted by atomic mass is 9.83. The summed E-state index contributed by atoms with van der Waals surface area (Å²) in [5.74, 6) is 0.578. The zero-order valence-corrected chi connectivity index (χ0v) is 16.4. The molecule has 28 heavy (non-hydrogen) atoms. The SMILES string of the molecule is [O-][NH+](O)C1CC([NH+]([O-])O)C(NC2SNN[NH+]2CC2CCCCC2)C([NH+]([O-])O)C1. The van der Waals surface area contributed by atoms with E-state index in [1.807, 2.05) is 0 Å². The maximum atomic E-state index is 11.8. The van der Waals surface area contributed by atoms with Gasteiger partial charge in [0.1, 0.15) is 30.7 Å². The molecule has 164 valence electrons. The van der Waals surface area contributed by atoms with Gasteiger partial charge in [0, 0.05) is 17.9 Å². The number of hydrazine groups is 1. The summed E-state index contributed by atoms with van der Waals surface area (Å²) >= 11 is 1.36. The van der Waals surface area contributed by atoms with Crippen molar-refractivity contribution in [2.24, 2.45) is 5.92 Å².